The zero-order chi connectivity index (χ0) is 13.3. The second-order valence-corrected chi connectivity index (χ2v) is 5.62. The van der Waals surface area contributed by atoms with Gasteiger partial charge in [0.25, 0.3) is 0 Å². The predicted molar refractivity (Wildman–Crippen MR) is 76.1 cm³/mol. The van der Waals surface area contributed by atoms with Crippen LogP contribution in [0.1, 0.15) is 38.8 Å². The Hall–Kier alpha value is -1.77. The molecule has 0 saturated heterocycles. The number of nitrogen functional groups attached to an aromatic ring is 1. The summed E-state index contributed by atoms with van der Waals surface area (Å²) in [6.45, 7) is 8.71. The molecule has 1 heterocycles. The molecule has 1 aromatic carbocycles. The molecule has 0 spiro atoms. The highest BCUT2D eigenvalue weighted by Gasteiger charge is 2.14. The van der Waals surface area contributed by atoms with Crippen molar-refractivity contribution in [3.05, 3.63) is 41.6 Å². The Balaban J connectivity index is 2.37. The van der Waals surface area contributed by atoms with Crippen molar-refractivity contribution in [1.82, 2.24) is 9.78 Å². The third-order valence-electron chi connectivity index (χ3n) is 3.25. The first-order chi connectivity index (χ1) is 8.43. The molecule has 3 nitrogen and oxygen atoms in total. The summed E-state index contributed by atoms with van der Waals surface area (Å²) in [6, 6.07) is 8.43. The summed E-state index contributed by atoms with van der Waals surface area (Å²) in [5.41, 5.74) is 9.66. The first kappa shape index (κ1) is 12.7. The molecule has 0 amide bonds. The Bertz CT molecular complexity index is 530. The summed E-state index contributed by atoms with van der Waals surface area (Å²) in [7, 11) is 0. The average Bonchev–Trinajstić information content (AvgIpc) is 2.69. The molecule has 2 N–H and O–H groups in total. The lowest BCUT2D eigenvalue weighted by Gasteiger charge is -2.19. The van der Waals surface area contributed by atoms with Gasteiger partial charge in [0.05, 0.1) is 11.9 Å². The van der Waals surface area contributed by atoms with E-state index in [1.807, 2.05) is 6.20 Å². The quantitative estimate of drug-likeness (QED) is 0.879. The number of aromatic nitrogens is 2. The van der Waals surface area contributed by atoms with Gasteiger partial charge in [-0.25, -0.2) is 4.68 Å². The molecule has 0 fully saturated rings. The fourth-order valence-electron chi connectivity index (χ4n) is 1.97. The highest BCUT2D eigenvalue weighted by Crippen LogP contribution is 2.24. The topological polar surface area (TPSA) is 43.8 Å². The highest BCUT2D eigenvalue weighted by molar-refractivity contribution is 5.47. The van der Waals surface area contributed by atoms with Gasteiger partial charge in [0.1, 0.15) is 5.82 Å². The maximum Gasteiger partial charge on any atom is 0.130 e. The van der Waals surface area contributed by atoms with Gasteiger partial charge in [-0.05, 0) is 29.5 Å². The summed E-state index contributed by atoms with van der Waals surface area (Å²) >= 11 is 0. The molecule has 0 aliphatic carbocycles. The van der Waals surface area contributed by atoms with Crippen LogP contribution in [0.4, 0.5) is 5.82 Å². The van der Waals surface area contributed by atoms with Crippen molar-refractivity contribution in [3.8, 4) is 5.69 Å². The number of aryl methyl sites for hydroxylation is 1. The average molecular weight is 243 g/mol. The molecule has 2 aromatic rings. The summed E-state index contributed by atoms with van der Waals surface area (Å²) < 4.78 is 1.80. The summed E-state index contributed by atoms with van der Waals surface area (Å²) in [5.74, 6) is 0.737. The van der Waals surface area contributed by atoms with Gasteiger partial charge in [-0.2, -0.15) is 5.10 Å². The van der Waals surface area contributed by atoms with Gasteiger partial charge < -0.3 is 5.73 Å². The summed E-state index contributed by atoms with van der Waals surface area (Å²) in [6.07, 6.45) is 2.75. The van der Waals surface area contributed by atoms with E-state index in [2.05, 4.69) is 57.1 Å². The SMILES string of the molecule is CCc1cnn(-c2ccc(C(C)(C)C)cc2)c1N. The van der Waals surface area contributed by atoms with Crippen molar-refractivity contribution in [1.29, 1.82) is 0 Å². The second kappa shape index (κ2) is 4.48. The molecule has 18 heavy (non-hydrogen) atoms. The number of rotatable bonds is 2. The number of anilines is 1. The van der Waals surface area contributed by atoms with Crippen LogP contribution in [0, 0.1) is 0 Å². The fourth-order valence-corrected chi connectivity index (χ4v) is 1.97. The minimum atomic E-state index is 0.169. The van der Waals surface area contributed by atoms with Crippen LogP contribution in [0.5, 0.6) is 0 Å². The zero-order valence-electron chi connectivity index (χ0n) is 11.6. The fraction of sp³-hybridized carbons (Fsp3) is 0.400. The van der Waals surface area contributed by atoms with Gasteiger partial charge in [0.15, 0.2) is 0 Å². The van der Waals surface area contributed by atoms with Crippen molar-refractivity contribution in [2.45, 2.75) is 39.5 Å². The summed E-state index contributed by atoms with van der Waals surface area (Å²) in [5, 5.41) is 4.34. The van der Waals surface area contributed by atoms with Crippen LogP contribution in [0.2, 0.25) is 0 Å². The molecule has 0 unspecified atom stereocenters. The number of hydrogen-bond acceptors (Lipinski definition) is 2. The maximum atomic E-state index is 6.07. The van der Waals surface area contributed by atoms with Crippen LogP contribution in [-0.4, -0.2) is 9.78 Å². The molecule has 2 rings (SSSR count). The van der Waals surface area contributed by atoms with Crippen LogP contribution in [0.15, 0.2) is 30.5 Å². The predicted octanol–water partition coefficient (Wildman–Crippen LogP) is 3.31. The van der Waals surface area contributed by atoms with Crippen molar-refractivity contribution >= 4 is 5.82 Å². The number of nitrogens with zero attached hydrogens (tertiary/aromatic N) is 2. The molecule has 0 radical (unpaired) electrons. The van der Waals surface area contributed by atoms with E-state index in [1.165, 1.54) is 5.56 Å². The van der Waals surface area contributed by atoms with Crippen molar-refractivity contribution in [3.63, 3.8) is 0 Å². The van der Waals surface area contributed by atoms with Gasteiger partial charge in [0.2, 0.25) is 0 Å². The molecule has 0 saturated carbocycles. The van der Waals surface area contributed by atoms with E-state index in [1.54, 1.807) is 4.68 Å². The van der Waals surface area contributed by atoms with E-state index < -0.39 is 0 Å². The molecule has 1 aromatic heterocycles. The van der Waals surface area contributed by atoms with E-state index in [0.717, 1.165) is 23.5 Å². The lowest BCUT2D eigenvalue weighted by atomic mass is 9.87. The lowest BCUT2D eigenvalue weighted by molar-refractivity contribution is 0.590. The van der Waals surface area contributed by atoms with Crippen molar-refractivity contribution in [2.75, 3.05) is 5.73 Å². The molecule has 0 atom stereocenters. The van der Waals surface area contributed by atoms with E-state index in [9.17, 15) is 0 Å². The van der Waals surface area contributed by atoms with Crippen LogP contribution in [-0.2, 0) is 11.8 Å². The summed E-state index contributed by atoms with van der Waals surface area (Å²) in [4.78, 5) is 0. The lowest BCUT2D eigenvalue weighted by Crippen LogP contribution is -2.11. The molecule has 3 heteroatoms. The number of hydrogen-bond donors (Lipinski definition) is 1. The number of nitrogens with two attached hydrogens (primary N) is 1. The second-order valence-electron chi connectivity index (χ2n) is 5.62. The van der Waals surface area contributed by atoms with Gasteiger partial charge in [-0.15, -0.1) is 0 Å². The Morgan fingerprint density at radius 2 is 1.78 bits per heavy atom. The molecule has 0 aliphatic heterocycles. The Morgan fingerprint density at radius 1 is 1.17 bits per heavy atom. The van der Waals surface area contributed by atoms with E-state index in [-0.39, 0.29) is 5.41 Å². The van der Waals surface area contributed by atoms with Crippen LogP contribution >= 0.6 is 0 Å². The van der Waals surface area contributed by atoms with E-state index in [4.69, 9.17) is 5.73 Å². The van der Waals surface area contributed by atoms with E-state index >= 15 is 0 Å². The molecule has 96 valence electrons. The van der Waals surface area contributed by atoms with Crippen LogP contribution < -0.4 is 5.73 Å². The van der Waals surface area contributed by atoms with Crippen molar-refractivity contribution < 1.29 is 0 Å². The molecule has 0 aliphatic rings. The van der Waals surface area contributed by atoms with Crippen LogP contribution in [0.3, 0.4) is 0 Å². The van der Waals surface area contributed by atoms with Crippen LogP contribution in [0.25, 0.3) is 5.69 Å². The minimum absolute atomic E-state index is 0.169. The zero-order valence-corrected chi connectivity index (χ0v) is 11.6. The van der Waals surface area contributed by atoms with E-state index in [0.29, 0.717) is 0 Å². The van der Waals surface area contributed by atoms with Gasteiger partial charge in [-0.1, -0.05) is 39.8 Å². The third kappa shape index (κ3) is 2.26. The Labute approximate surface area is 109 Å². The monoisotopic (exact) mass is 243 g/mol. The Morgan fingerprint density at radius 3 is 2.22 bits per heavy atom. The normalized spacial score (nSPS) is 11.8. The molecule has 0 bridgehead atoms. The third-order valence-corrected chi connectivity index (χ3v) is 3.25. The molecular weight excluding hydrogens is 222 g/mol. The van der Waals surface area contributed by atoms with Gasteiger partial charge in [0, 0.05) is 5.56 Å². The minimum Gasteiger partial charge on any atom is -0.383 e. The van der Waals surface area contributed by atoms with Gasteiger partial charge >= 0.3 is 0 Å². The smallest absolute Gasteiger partial charge is 0.130 e. The first-order valence-electron chi connectivity index (χ1n) is 6.36. The molecular formula is C15H21N3. The standard InChI is InChI=1S/C15H21N3/c1-5-11-10-17-18(14(11)16)13-8-6-12(7-9-13)15(2,3)4/h6-10H,5,16H2,1-4H3. The van der Waals surface area contributed by atoms with Gasteiger partial charge in [-0.3, -0.25) is 0 Å². The largest absolute Gasteiger partial charge is 0.383 e. The van der Waals surface area contributed by atoms with Crippen molar-refractivity contribution in [2.24, 2.45) is 0 Å². The Kier molecular flexibility index (Phi) is 3.16. The highest BCUT2D eigenvalue weighted by atomic mass is 15.3. The first-order valence-corrected chi connectivity index (χ1v) is 6.36. The maximum absolute atomic E-state index is 6.07. The number of benzene rings is 1.